The maximum absolute atomic E-state index is 12.4. The van der Waals surface area contributed by atoms with Crippen molar-refractivity contribution in [1.82, 2.24) is 0 Å². The molecular formula is C26H20O2. The first-order valence-electron chi connectivity index (χ1n) is 9.42. The summed E-state index contributed by atoms with van der Waals surface area (Å²) in [6, 6.07) is 34.5. The number of benzene rings is 4. The molecule has 0 bridgehead atoms. The van der Waals surface area contributed by atoms with Crippen molar-refractivity contribution in [2.24, 2.45) is 0 Å². The second kappa shape index (κ2) is 6.16. The van der Waals surface area contributed by atoms with Crippen molar-refractivity contribution in [3.8, 4) is 11.1 Å². The minimum absolute atomic E-state index is 0.656. The standard InChI is InChI=1S/C26H20O2/c27-25(19-11-3-1-4-12-19)23-17-9-7-15-21(23)22-16-8-10-18-24(22)26(25,28)20-13-5-2-6-14-20/h1-18,27-28H/t25-,26-/m0/s1. The fourth-order valence-electron chi connectivity index (χ4n) is 4.54. The predicted molar refractivity (Wildman–Crippen MR) is 111 cm³/mol. The van der Waals surface area contributed by atoms with E-state index in [4.69, 9.17) is 0 Å². The van der Waals surface area contributed by atoms with Crippen molar-refractivity contribution >= 4 is 0 Å². The highest BCUT2D eigenvalue weighted by Gasteiger charge is 2.58. The molecule has 0 saturated heterocycles. The second-order valence-corrected chi connectivity index (χ2v) is 7.24. The summed E-state index contributed by atoms with van der Waals surface area (Å²) in [4.78, 5) is 0. The summed E-state index contributed by atoms with van der Waals surface area (Å²) in [7, 11) is 0. The lowest BCUT2D eigenvalue weighted by molar-refractivity contribution is -0.114. The van der Waals surface area contributed by atoms with Crippen LogP contribution < -0.4 is 0 Å². The van der Waals surface area contributed by atoms with Crippen molar-refractivity contribution in [3.63, 3.8) is 0 Å². The Labute approximate surface area is 164 Å². The lowest BCUT2D eigenvalue weighted by Crippen LogP contribution is -2.53. The molecule has 5 rings (SSSR count). The number of hydrogen-bond donors (Lipinski definition) is 2. The first-order chi connectivity index (χ1) is 13.7. The molecule has 4 aromatic rings. The van der Waals surface area contributed by atoms with Gasteiger partial charge in [0.2, 0.25) is 0 Å². The molecule has 0 unspecified atom stereocenters. The zero-order valence-corrected chi connectivity index (χ0v) is 15.3. The van der Waals surface area contributed by atoms with Crippen LogP contribution >= 0.6 is 0 Å². The molecule has 1 aliphatic carbocycles. The minimum atomic E-state index is -1.64. The molecule has 1 aliphatic rings. The lowest BCUT2D eigenvalue weighted by Gasteiger charge is -2.49. The van der Waals surface area contributed by atoms with Crippen molar-refractivity contribution < 1.29 is 10.2 Å². The molecule has 0 saturated carbocycles. The smallest absolute Gasteiger partial charge is 0.152 e. The zero-order chi connectivity index (χ0) is 19.2. The Hall–Kier alpha value is -3.20. The summed E-state index contributed by atoms with van der Waals surface area (Å²) in [5.41, 5.74) is 1.31. The third kappa shape index (κ3) is 2.10. The van der Waals surface area contributed by atoms with Gasteiger partial charge in [0.05, 0.1) is 0 Å². The van der Waals surface area contributed by atoms with Crippen LogP contribution in [0.3, 0.4) is 0 Å². The highest BCUT2D eigenvalue weighted by Crippen LogP contribution is 2.57. The largest absolute Gasteiger partial charge is 0.377 e. The molecule has 136 valence electrons. The molecule has 2 heteroatoms. The Morgan fingerprint density at radius 3 is 1.11 bits per heavy atom. The van der Waals surface area contributed by atoms with Crippen LogP contribution in [0.5, 0.6) is 0 Å². The topological polar surface area (TPSA) is 40.5 Å². The van der Waals surface area contributed by atoms with Gasteiger partial charge in [-0.3, -0.25) is 0 Å². The maximum Gasteiger partial charge on any atom is 0.152 e. The molecule has 2 atom stereocenters. The highest BCUT2D eigenvalue weighted by atomic mass is 16.4. The van der Waals surface area contributed by atoms with Gasteiger partial charge in [0.25, 0.3) is 0 Å². The van der Waals surface area contributed by atoms with Crippen molar-refractivity contribution in [1.29, 1.82) is 0 Å². The van der Waals surface area contributed by atoms with E-state index in [1.54, 1.807) is 0 Å². The van der Waals surface area contributed by atoms with Crippen LogP contribution in [0.4, 0.5) is 0 Å². The second-order valence-electron chi connectivity index (χ2n) is 7.24. The average Bonchev–Trinajstić information content (AvgIpc) is 2.78. The quantitative estimate of drug-likeness (QED) is 0.534. The van der Waals surface area contributed by atoms with Gasteiger partial charge >= 0.3 is 0 Å². The zero-order valence-electron chi connectivity index (χ0n) is 15.3. The predicted octanol–water partition coefficient (Wildman–Crippen LogP) is 4.84. The van der Waals surface area contributed by atoms with E-state index in [1.807, 2.05) is 109 Å². The number of fused-ring (bicyclic) bond motifs is 3. The summed E-state index contributed by atoms with van der Waals surface area (Å²) >= 11 is 0. The van der Waals surface area contributed by atoms with Gasteiger partial charge in [0.15, 0.2) is 11.2 Å². The Balaban J connectivity index is 1.96. The third-order valence-corrected chi connectivity index (χ3v) is 5.83. The Morgan fingerprint density at radius 2 is 0.714 bits per heavy atom. The molecule has 0 heterocycles. The molecule has 0 aromatic heterocycles. The molecule has 4 aromatic carbocycles. The van der Waals surface area contributed by atoms with Gasteiger partial charge in [-0.1, -0.05) is 109 Å². The molecule has 2 N–H and O–H groups in total. The van der Waals surface area contributed by atoms with E-state index >= 15 is 0 Å². The van der Waals surface area contributed by atoms with Crippen molar-refractivity contribution in [3.05, 3.63) is 131 Å². The van der Waals surface area contributed by atoms with Gasteiger partial charge in [-0.2, -0.15) is 0 Å². The van der Waals surface area contributed by atoms with Gasteiger partial charge in [-0.25, -0.2) is 0 Å². The van der Waals surface area contributed by atoms with Crippen LogP contribution in [0, 0.1) is 0 Å². The summed E-state index contributed by atoms with van der Waals surface area (Å²) < 4.78 is 0. The van der Waals surface area contributed by atoms with Crippen molar-refractivity contribution in [2.75, 3.05) is 0 Å². The highest BCUT2D eigenvalue weighted by molar-refractivity contribution is 5.79. The molecule has 0 aliphatic heterocycles. The van der Waals surface area contributed by atoms with Gasteiger partial charge < -0.3 is 10.2 Å². The van der Waals surface area contributed by atoms with E-state index in [9.17, 15) is 10.2 Å². The summed E-state index contributed by atoms with van der Waals surface area (Å²) in [6.45, 7) is 0. The monoisotopic (exact) mass is 364 g/mol. The van der Waals surface area contributed by atoms with E-state index < -0.39 is 11.2 Å². The number of aliphatic hydroxyl groups is 2. The van der Waals surface area contributed by atoms with Crippen LogP contribution in [0.1, 0.15) is 22.3 Å². The minimum Gasteiger partial charge on any atom is -0.377 e. The fraction of sp³-hybridized carbons (Fsp3) is 0.0769. The fourth-order valence-corrected chi connectivity index (χ4v) is 4.54. The van der Waals surface area contributed by atoms with Gasteiger partial charge in [0, 0.05) is 0 Å². The van der Waals surface area contributed by atoms with Crippen LogP contribution in [-0.4, -0.2) is 10.2 Å². The Bertz CT molecular complexity index is 1040. The first kappa shape index (κ1) is 16.9. The number of rotatable bonds is 2. The Kier molecular flexibility index (Phi) is 3.73. The summed E-state index contributed by atoms with van der Waals surface area (Å²) in [5.74, 6) is 0. The van der Waals surface area contributed by atoms with E-state index in [0.717, 1.165) is 11.1 Å². The van der Waals surface area contributed by atoms with E-state index in [0.29, 0.717) is 22.3 Å². The molecule has 0 amide bonds. The normalized spacial score (nSPS) is 22.9. The molecular weight excluding hydrogens is 344 g/mol. The Morgan fingerprint density at radius 1 is 0.393 bits per heavy atom. The van der Waals surface area contributed by atoms with Gasteiger partial charge in [-0.05, 0) is 33.4 Å². The van der Waals surface area contributed by atoms with E-state index in [1.165, 1.54) is 0 Å². The van der Waals surface area contributed by atoms with Crippen LogP contribution in [0.25, 0.3) is 11.1 Å². The summed E-state index contributed by atoms with van der Waals surface area (Å²) in [5, 5.41) is 24.7. The SMILES string of the molecule is O[C@@]1(c2ccccc2)c2ccccc2-c2ccccc2[C@@]1(O)c1ccccc1. The summed E-state index contributed by atoms with van der Waals surface area (Å²) in [6.07, 6.45) is 0. The van der Waals surface area contributed by atoms with Crippen LogP contribution in [-0.2, 0) is 11.2 Å². The lowest BCUT2D eigenvalue weighted by atomic mass is 9.60. The van der Waals surface area contributed by atoms with E-state index in [2.05, 4.69) is 0 Å². The molecule has 2 nitrogen and oxygen atoms in total. The first-order valence-corrected chi connectivity index (χ1v) is 9.42. The van der Waals surface area contributed by atoms with Crippen LogP contribution in [0.2, 0.25) is 0 Å². The number of hydrogen-bond acceptors (Lipinski definition) is 2. The van der Waals surface area contributed by atoms with E-state index in [-0.39, 0.29) is 0 Å². The molecule has 0 spiro atoms. The maximum atomic E-state index is 12.4. The average molecular weight is 364 g/mol. The van der Waals surface area contributed by atoms with Gasteiger partial charge in [0.1, 0.15) is 0 Å². The van der Waals surface area contributed by atoms with Crippen LogP contribution in [0.15, 0.2) is 109 Å². The van der Waals surface area contributed by atoms with Gasteiger partial charge in [-0.15, -0.1) is 0 Å². The van der Waals surface area contributed by atoms with Crippen molar-refractivity contribution in [2.45, 2.75) is 11.2 Å². The third-order valence-electron chi connectivity index (χ3n) is 5.83. The molecule has 0 fully saturated rings. The molecule has 28 heavy (non-hydrogen) atoms. The molecule has 0 radical (unpaired) electrons.